The standard InChI is InChI=1S/C10H12N6O2/c11-7-1-3-8(4-2-7)18-6-5-12-10(17)9-13-15-16-14-9/h1-4H,5-6,11H2,(H,12,17)(H,13,14,15,16). The van der Waals surface area contributed by atoms with Gasteiger partial charge in [0, 0.05) is 5.69 Å². The maximum Gasteiger partial charge on any atom is 0.293 e. The highest BCUT2D eigenvalue weighted by Crippen LogP contribution is 2.12. The van der Waals surface area contributed by atoms with E-state index in [4.69, 9.17) is 10.5 Å². The van der Waals surface area contributed by atoms with Crippen molar-refractivity contribution in [1.29, 1.82) is 0 Å². The predicted molar refractivity (Wildman–Crippen MR) is 62.9 cm³/mol. The summed E-state index contributed by atoms with van der Waals surface area (Å²) in [6.07, 6.45) is 0. The first kappa shape index (κ1) is 11.8. The van der Waals surface area contributed by atoms with Crippen molar-refractivity contribution in [2.45, 2.75) is 0 Å². The molecule has 0 aliphatic rings. The molecule has 1 aromatic heterocycles. The fourth-order valence-corrected chi connectivity index (χ4v) is 1.23. The summed E-state index contributed by atoms with van der Waals surface area (Å²) in [5.41, 5.74) is 6.21. The number of tetrazole rings is 1. The molecule has 0 unspecified atom stereocenters. The average Bonchev–Trinajstić information content (AvgIpc) is 2.90. The van der Waals surface area contributed by atoms with E-state index in [1.165, 1.54) is 0 Å². The number of aromatic nitrogens is 4. The summed E-state index contributed by atoms with van der Waals surface area (Å²) in [6, 6.07) is 7.01. The van der Waals surface area contributed by atoms with Gasteiger partial charge in [0.2, 0.25) is 0 Å². The Kier molecular flexibility index (Phi) is 3.69. The average molecular weight is 248 g/mol. The Hall–Kier alpha value is -2.64. The molecule has 0 saturated heterocycles. The number of nitrogen functional groups attached to an aromatic ring is 1. The first-order chi connectivity index (χ1) is 8.75. The van der Waals surface area contributed by atoms with Crippen LogP contribution in [0.2, 0.25) is 0 Å². The summed E-state index contributed by atoms with van der Waals surface area (Å²) in [5.74, 6) is 0.296. The van der Waals surface area contributed by atoms with Gasteiger partial charge in [-0.05, 0) is 29.5 Å². The maximum atomic E-state index is 11.4. The van der Waals surface area contributed by atoms with Crippen molar-refractivity contribution in [3.05, 3.63) is 30.1 Å². The third-order valence-corrected chi connectivity index (χ3v) is 2.08. The number of nitrogens with zero attached hydrogens (tertiary/aromatic N) is 3. The number of rotatable bonds is 5. The van der Waals surface area contributed by atoms with Crippen molar-refractivity contribution in [2.75, 3.05) is 18.9 Å². The molecule has 1 aromatic carbocycles. The third kappa shape index (κ3) is 3.17. The monoisotopic (exact) mass is 248 g/mol. The topological polar surface area (TPSA) is 119 Å². The molecule has 0 atom stereocenters. The number of nitrogens with one attached hydrogen (secondary N) is 2. The van der Waals surface area contributed by atoms with Crippen LogP contribution < -0.4 is 15.8 Å². The van der Waals surface area contributed by atoms with E-state index < -0.39 is 5.91 Å². The minimum atomic E-state index is -0.398. The molecule has 1 heterocycles. The molecule has 2 rings (SSSR count). The van der Waals surface area contributed by atoms with Gasteiger partial charge in [-0.3, -0.25) is 4.79 Å². The number of amides is 1. The van der Waals surface area contributed by atoms with Crippen molar-refractivity contribution < 1.29 is 9.53 Å². The van der Waals surface area contributed by atoms with Crippen LogP contribution >= 0.6 is 0 Å². The summed E-state index contributed by atoms with van der Waals surface area (Å²) >= 11 is 0. The number of aromatic amines is 1. The van der Waals surface area contributed by atoms with Gasteiger partial charge >= 0.3 is 0 Å². The lowest BCUT2D eigenvalue weighted by molar-refractivity contribution is 0.0936. The van der Waals surface area contributed by atoms with Crippen LogP contribution in [0.25, 0.3) is 0 Å². The van der Waals surface area contributed by atoms with E-state index in [0.29, 0.717) is 24.6 Å². The van der Waals surface area contributed by atoms with E-state index in [0.717, 1.165) is 0 Å². The highest BCUT2D eigenvalue weighted by molar-refractivity contribution is 5.89. The van der Waals surface area contributed by atoms with Crippen molar-refractivity contribution >= 4 is 11.6 Å². The minimum absolute atomic E-state index is 0.00230. The Labute approximate surface area is 103 Å². The Morgan fingerprint density at radius 3 is 2.83 bits per heavy atom. The third-order valence-electron chi connectivity index (χ3n) is 2.08. The number of ether oxygens (including phenoxy) is 1. The molecule has 8 nitrogen and oxygen atoms in total. The Bertz CT molecular complexity index is 496. The summed E-state index contributed by atoms with van der Waals surface area (Å²) in [6.45, 7) is 0.686. The molecule has 0 saturated carbocycles. The quantitative estimate of drug-likeness (QED) is 0.489. The summed E-state index contributed by atoms with van der Waals surface area (Å²) in [7, 11) is 0. The lowest BCUT2D eigenvalue weighted by atomic mass is 10.3. The number of carbonyl (C=O) groups excluding carboxylic acids is 1. The van der Waals surface area contributed by atoms with Crippen molar-refractivity contribution in [3.63, 3.8) is 0 Å². The highest BCUT2D eigenvalue weighted by atomic mass is 16.5. The molecule has 0 fully saturated rings. The first-order valence-corrected chi connectivity index (χ1v) is 5.25. The highest BCUT2D eigenvalue weighted by Gasteiger charge is 2.08. The number of nitrogens with two attached hydrogens (primary N) is 1. The SMILES string of the molecule is Nc1ccc(OCCNC(=O)c2nn[nH]n2)cc1. The van der Waals surface area contributed by atoms with E-state index in [1.807, 2.05) is 0 Å². The molecule has 2 aromatic rings. The molecule has 4 N–H and O–H groups in total. The van der Waals surface area contributed by atoms with Crippen LogP contribution in [0.1, 0.15) is 10.6 Å². The summed E-state index contributed by atoms with van der Waals surface area (Å²) < 4.78 is 5.39. The molecular weight excluding hydrogens is 236 g/mol. The fourth-order valence-electron chi connectivity index (χ4n) is 1.23. The van der Waals surface area contributed by atoms with Crippen molar-refractivity contribution in [2.24, 2.45) is 0 Å². The molecule has 0 spiro atoms. The van der Waals surface area contributed by atoms with Crippen LogP contribution in [0.3, 0.4) is 0 Å². The van der Waals surface area contributed by atoms with Crippen LogP contribution in [0.4, 0.5) is 5.69 Å². The molecule has 94 valence electrons. The van der Waals surface area contributed by atoms with E-state index in [2.05, 4.69) is 25.9 Å². The van der Waals surface area contributed by atoms with Gasteiger partial charge in [0.05, 0.1) is 6.54 Å². The lowest BCUT2D eigenvalue weighted by Crippen LogP contribution is -2.29. The molecule has 0 radical (unpaired) electrons. The summed E-state index contributed by atoms with van der Waals surface area (Å²) in [4.78, 5) is 11.4. The molecule has 8 heteroatoms. The van der Waals surface area contributed by atoms with Gasteiger partial charge < -0.3 is 15.8 Å². The van der Waals surface area contributed by atoms with E-state index in [1.54, 1.807) is 24.3 Å². The van der Waals surface area contributed by atoms with Gasteiger partial charge in [-0.2, -0.15) is 5.21 Å². The van der Waals surface area contributed by atoms with Gasteiger partial charge in [0.1, 0.15) is 12.4 Å². The van der Waals surface area contributed by atoms with E-state index >= 15 is 0 Å². The number of H-pyrrole nitrogens is 1. The number of hydrogen-bond acceptors (Lipinski definition) is 6. The second-order valence-corrected chi connectivity index (χ2v) is 3.41. The number of carbonyl (C=O) groups is 1. The summed E-state index contributed by atoms with van der Waals surface area (Å²) in [5, 5.41) is 15.2. The van der Waals surface area contributed by atoms with Crippen LogP contribution in [0.15, 0.2) is 24.3 Å². The maximum absolute atomic E-state index is 11.4. The van der Waals surface area contributed by atoms with E-state index in [9.17, 15) is 4.79 Å². The van der Waals surface area contributed by atoms with Crippen LogP contribution in [-0.2, 0) is 0 Å². The smallest absolute Gasteiger partial charge is 0.293 e. The number of hydrogen-bond donors (Lipinski definition) is 3. The predicted octanol–water partition coefficient (Wildman–Crippen LogP) is -0.409. The molecule has 0 bridgehead atoms. The number of anilines is 1. The van der Waals surface area contributed by atoms with Gasteiger partial charge in [-0.25, -0.2) is 0 Å². The fraction of sp³-hybridized carbons (Fsp3) is 0.200. The van der Waals surface area contributed by atoms with Crippen LogP contribution in [0, 0.1) is 0 Å². The normalized spacial score (nSPS) is 10.0. The molecule has 1 amide bonds. The molecule has 0 aliphatic heterocycles. The van der Waals surface area contributed by atoms with Crippen LogP contribution in [0.5, 0.6) is 5.75 Å². The second-order valence-electron chi connectivity index (χ2n) is 3.41. The Morgan fingerprint density at radius 2 is 2.17 bits per heavy atom. The largest absolute Gasteiger partial charge is 0.492 e. The van der Waals surface area contributed by atoms with Crippen molar-refractivity contribution in [3.8, 4) is 5.75 Å². The lowest BCUT2D eigenvalue weighted by Gasteiger charge is -2.06. The van der Waals surface area contributed by atoms with Gasteiger partial charge in [-0.15, -0.1) is 10.2 Å². The molecule has 18 heavy (non-hydrogen) atoms. The number of benzene rings is 1. The minimum Gasteiger partial charge on any atom is -0.492 e. The van der Waals surface area contributed by atoms with Crippen LogP contribution in [-0.4, -0.2) is 39.7 Å². The zero-order valence-electron chi connectivity index (χ0n) is 9.46. The zero-order valence-corrected chi connectivity index (χ0v) is 9.46. The first-order valence-electron chi connectivity index (χ1n) is 5.25. The Morgan fingerprint density at radius 1 is 1.39 bits per heavy atom. The molecule has 0 aliphatic carbocycles. The Balaban J connectivity index is 1.70. The van der Waals surface area contributed by atoms with Gasteiger partial charge in [0.15, 0.2) is 0 Å². The van der Waals surface area contributed by atoms with Gasteiger partial charge in [0.25, 0.3) is 11.7 Å². The van der Waals surface area contributed by atoms with E-state index in [-0.39, 0.29) is 5.82 Å². The zero-order chi connectivity index (χ0) is 12.8. The second kappa shape index (κ2) is 5.62. The van der Waals surface area contributed by atoms with Gasteiger partial charge in [-0.1, -0.05) is 0 Å². The van der Waals surface area contributed by atoms with Crippen molar-refractivity contribution in [1.82, 2.24) is 25.9 Å². The molecular formula is C10H12N6O2.